The van der Waals surface area contributed by atoms with Crippen molar-refractivity contribution in [3.8, 4) is 0 Å². The van der Waals surface area contributed by atoms with Crippen LogP contribution in [-0.4, -0.2) is 30.4 Å². The van der Waals surface area contributed by atoms with Gasteiger partial charge in [-0.1, -0.05) is 12.1 Å². The van der Waals surface area contributed by atoms with Gasteiger partial charge in [0.25, 0.3) is 0 Å². The van der Waals surface area contributed by atoms with Gasteiger partial charge in [0, 0.05) is 13.1 Å². The maximum Gasteiger partial charge on any atom is 0.227 e. The first kappa shape index (κ1) is 14.0. The van der Waals surface area contributed by atoms with Gasteiger partial charge in [0.15, 0.2) is 0 Å². The van der Waals surface area contributed by atoms with Crippen LogP contribution in [0.1, 0.15) is 24.8 Å². The van der Waals surface area contributed by atoms with Crippen LogP contribution in [0.15, 0.2) is 24.3 Å². The van der Waals surface area contributed by atoms with Crippen molar-refractivity contribution >= 4 is 5.91 Å². The largest absolute Gasteiger partial charge is 0.342 e. The number of likely N-dealkylation sites (tertiary alicyclic amines) is 1. The van der Waals surface area contributed by atoms with Crippen LogP contribution in [0, 0.1) is 11.7 Å². The number of halogens is 1. The molecule has 1 saturated heterocycles. The van der Waals surface area contributed by atoms with Gasteiger partial charge >= 0.3 is 0 Å². The lowest BCUT2D eigenvalue weighted by molar-refractivity contribution is -0.132. The van der Waals surface area contributed by atoms with Crippen molar-refractivity contribution < 1.29 is 9.18 Å². The molecule has 0 saturated carbocycles. The van der Waals surface area contributed by atoms with E-state index in [1.54, 1.807) is 12.1 Å². The van der Waals surface area contributed by atoms with Crippen LogP contribution in [0.5, 0.6) is 0 Å². The molecule has 0 bridgehead atoms. The highest BCUT2D eigenvalue weighted by molar-refractivity contribution is 5.78. The highest BCUT2D eigenvalue weighted by atomic mass is 19.1. The fourth-order valence-corrected chi connectivity index (χ4v) is 2.70. The van der Waals surface area contributed by atoms with Crippen LogP contribution >= 0.6 is 0 Å². The van der Waals surface area contributed by atoms with E-state index >= 15 is 0 Å². The molecular weight excluding hydrogens is 243 g/mol. The maximum atomic E-state index is 13.1. The molecule has 1 aromatic rings. The number of carbonyl (C=O) groups is 1. The summed E-state index contributed by atoms with van der Waals surface area (Å²) in [6.45, 7) is 2.29. The lowest BCUT2D eigenvalue weighted by Crippen LogP contribution is -2.41. The topological polar surface area (TPSA) is 46.3 Å². The molecule has 4 heteroatoms. The van der Waals surface area contributed by atoms with Crippen molar-refractivity contribution in [3.63, 3.8) is 0 Å². The number of amides is 1. The molecule has 3 nitrogen and oxygen atoms in total. The van der Waals surface area contributed by atoms with E-state index < -0.39 is 0 Å². The van der Waals surface area contributed by atoms with E-state index in [4.69, 9.17) is 5.73 Å². The molecule has 2 N–H and O–H groups in total. The third kappa shape index (κ3) is 4.03. The molecular formula is C15H21FN2O. The molecule has 0 spiro atoms. The Labute approximate surface area is 113 Å². The number of rotatable bonds is 4. The Kier molecular flexibility index (Phi) is 4.91. The number of benzene rings is 1. The summed E-state index contributed by atoms with van der Waals surface area (Å²) >= 11 is 0. The molecule has 0 radical (unpaired) electrons. The number of hydrogen-bond acceptors (Lipinski definition) is 2. The SMILES string of the molecule is NCCC1CCCN(C(=O)Cc2cccc(F)c2)C1. The molecule has 1 aliphatic heterocycles. The second-order valence-corrected chi connectivity index (χ2v) is 5.23. The van der Waals surface area contributed by atoms with Gasteiger partial charge < -0.3 is 10.6 Å². The highest BCUT2D eigenvalue weighted by Gasteiger charge is 2.23. The maximum absolute atomic E-state index is 13.1. The molecule has 1 atom stereocenters. The Hall–Kier alpha value is -1.42. The summed E-state index contributed by atoms with van der Waals surface area (Å²) in [6, 6.07) is 6.26. The normalized spacial score (nSPS) is 19.5. The average molecular weight is 264 g/mol. The average Bonchev–Trinajstić information content (AvgIpc) is 2.39. The predicted molar refractivity (Wildman–Crippen MR) is 73.1 cm³/mol. The van der Waals surface area contributed by atoms with E-state index in [-0.39, 0.29) is 18.1 Å². The zero-order chi connectivity index (χ0) is 13.7. The highest BCUT2D eigenvalue weighted by Crippen LogP contribution is 2.19. The zero-order valence-corrected chi connectivity index (χ0v) is 11.1. The van der Waals surface area contributed by atoms with E-state index in [0.29, 0.717) is 12.5 Å². The number of nitrogens with two attached hydrogens (primary N) is 1. The van der Waals surface area contributed by atoms with Crippen LogP contribution in [0.25, 0.3) is 0 Å². The molecule has 1 aromatic carbocycles. The number of hydrogen-bond donors (Lipinski definition) is 1. The van der Waals surface area contributed by atoms with E-state index in [1.807, 2.05) is 4.90 Å². The van der Waals surface area contributed by atoms with Gasteiger partial charge in [-0.2, -0.15) is 0 Å². The van der Waals surface area contributed by atoms with Crippen molar-refractivity contribution in [3.05, 3.63) is 35.6 Å². The summed E-state index contributed by atoms with van der Waals surface area (Å²) in [4.78, 5) is 14.1. The Balaban J connectivity index is 1.92. The quantitative estimate of drug-likeness (QED) is 0.903. The van der Waals surface area contributed by atoms with E-state index in [2.05, 4.69) is 0 Å². The Morgan fingerprint density at radius 3 is 3.05 bits per heavy atom. The summed E-state index contributed by atoms with van der Waals surface area (Å²) in [7, 11) is 0. The van der Waals surface area contributed by atoms with Crippen molar-refractivity contribution in [1.82, 2.24) is 4.90 Å². The van der Waals surface area contributed by atoms with Crippen molar-refractivity contribution in [1.29, 1.82) is 0 Å². The first-order valence-electron chi connectivity index (χ1n) is 6.91. The van der Waals surface area contributed by atoms with Gasteiger partial charge in [-0.15, -0.1) is 0 Å². The first-order chi connectivity index (χ1) is 9.19. The van der Waals surface area contributed by atoms with E-state index in [0.717, 1.165) is 37.9 Å². The van der Waals surface area contributed by atoms with Crippen molar-refractivity contribution in [2.45, 2.75) is 25.7 Å². The number of piperidine rings is 1. The number of carbonyl (C=O) groups excluding carboxylic acids is 1. The molecule has 1 amide bonds. The predicted octanol–water partition coefficient (Wildman–Crippen LogP) is 1.96. The molecule has 0 aromatic heterocycles. The van der Waals surface area contributed by atoms with Crippen molar-refractivity contribution in [2.24, 2.45) is 11.7 Å². The second-order valence-electron chi connectivity index (χ2n) is 5.23. The summed E-state index contributed by atoms with van der Waals surface area (Å²) in [5.41, 5.74) is 6.32. The summed E-state index contributed by atoms with van der Waals surface area (Å²) < 4.78 is 13.1. The fraction of sp³-hybridized carbons (Fsp3) is 0.533. The minimum absolute atomic E-state index is 0.0901. The van der Waals surface area contributed by atoms with Gasteiger partial charge in [-0.25, -0.2) is 4.39 Å². The van der Waals surface area contributed by atoms with Crippen LogP contribution in [0.2, 0.25) is 0 Å². The van der Waals surface area contributed by atoms with E-state index in [1.165, 1.54) is 12.1 Å². The summed E-state index contributed by atoms with van der Waals surface area (Å²) in [6.07, 6.45) is 3.46. The molecule has 1 aliphatic rings. The van der Waals surface area contributed by atoms with Crippen LogP contribution < -0.4 is 5.73 Å². The summed E-state index contributed by atoms with van der Waals surface area (Å²) in [5, 5.41) is 0. The smallest absolute Gasteiger partial charge is 0.227 e. The van der Waals surface area contributed by atoms with Crippen LogP contribution in [0.3, 0.4) is 0 Å². The molecule has 1 fully saturated rings. The van der Waals surface area contributed by atoms with Crippen LogP contribution in [-0.2, 0) is 11.2 Å². The van der Waals surface area contributed by atoms with Gasteiger partial charge in [0.1, 0.15) is 5.82 Å². The number of nitrogens with zero attached hydrogens (tertiary/aromatic N) is 1. The second kappa shape index (κ2) is 6.66. The monoisotopic (exact) mass is 264 g/mol. The fourth-order valence-electron chi connectivity index (χ4n) is 2.70. The molecule has 104 valence electrons. The van der Waals surface area contributed by atoms with Gasteiger partial charge in [0.2, 0.25) is 5.91 Å². The minimum atomic E-state index is -0.287. The minimum Gasteiger partial charge on any atom is -0.342 e. The molecule has 19 heavy (non-hydrogen) atoms. The molecule has 1 heterocycles. The van der Waals surface area contributed by atoms with Crippen LogP contribution in [0.4, 0.5) is 4.39 Å². The van der Waals surface area contributed by atoms with Gasteiger partial charge in [-0.05, 0) is 49.4 Å². The third-order valence-electron chi connectivity index (χ3n) is 3.69. The Morgan fingerprint density at radius 1 is 1.47 bits per heavy atom. The molecule has 1 unspecified atom stereocenters. The van der Waals surface area contributed by atoms with Crippen molar-refractivity contribution in [2.75, 3.05) is 19.6 Å². The van der Waals surface area contributed by atoms with Gasteiger partial charge in [0.05, 0.1) is 6.42 Å². The zero-order valence-electron chi connectivity index (χ0n) is 11.1. The van der Waals surface area contributed by atoms with Gasteiger partial charge in [-0.3, -0.25) is 4.79 Å². The standard InChI is InChI=1S/C15H21FN2O/c16-14-5-1-3-13(9-14)10-15(19)18-8-2-4-12(11-18)6-7-17/h1,3,5,9,12H,2,4,6-8,10-11,17H2. The molecule has 0 aliphatic carbocycles. The Bertz CT molecular complexity index is 434. The summed E-state index contributed by atoms with van der Waals surface area (Å²) in [5.74, 6) is 0.326. The third-order valence-corrected chi connectivity index (χ3v) is 3.69. The lowest BCUT2D eigenvalue weighted by atomic mass is 9.94. The first-order valence-corrected chi connectivity index (χ1v) is 6.91. The Morgan fingerprint density at radius 2 is 2.32 bits per heavy atom. The lowest BCUT2D eigenvalue weighted by Gasteiger charge is -2.32. The molecule has 2 rings (SSSR count). The van der Waals surface area contributed by atoms with E-state index in [9.17, 15) is 9.18 Å².